The summed E-state index contributed by atoms with van der Waals surface area (Å²) in [5.41, 5.74) is 4.10. The van der Waals surface area contributed by atoms with Crippen LogP contribution in [0.15, 0.2) is 65.2 Å². The molecule has 0 aliphatic carbocycles. The normalized spacial score (nSPS) is 18.1. The van der Waals surface area contributed by atoms with Gasteiger partial charge in [-0.05, 0) is 25.8 Å². The highest BCUT2D eigenvalue weighted by atomic mass is 16.5. The van der Waals surface area contributed by atoms with Gasteiger partial charge in [-0.1, -0.05) is 65.3 Å². The number of nitrogens with zero attached hydrogens (tertiary/aromatic N) is 2. The quantitative estimate of drug-likeness (QED) is 0.726. The third-order valence-electron chi connectivity index (χ3n) is 5.47. The summed E-state index contributed by atoms with van der Waals surface area (Å²) in [6.07, 6.45) is 0.932. The zero-order valence-corrected chi connectivity index (χ0v) is 16.3. The predicted molar refractivity (Wildman–Crippen MR) is 109 cm³/mol. The average molecular weight is 375 g/mol. The molecule has 144 valence electrons. The molecule has 1 aliphatic heterocycles. The Kier molecular flexibility index (Phi) is 5.26. The summed E-state index contributed by atoms with van der Waals surface area (Å²) < 4.78 is 5.29. The molecule has 0 radical (unpaired) electrons. The molecule has 1 fully saturated rings. The lowest BCUT2D eigenvalue weighted by atomic mass is 10.1. The zero-order chi connectivity index (χ0) is 19.5. The lowest BCUT2D eigenvalue weighted by Gasteiger charge is -2.24. The van der Waals surface area contributed by atoms with Crippen molar-refractivity contribution in [1.29, 1.82) is 0 Å². The van der Waals surface area contributed by atoms with Gasteiger partial charge in [0, 0.05) is 36.8 Å². The van der Waals surface area contributed by atoms with Crippen LogP contribution in [0.2, 0.25) is 0 Å². The third-order valence-corrected chi connectivity index (χ3v) is 5.47. The number of hydrogen-bond acceptors (Lipinski definition) is 4. The third kappa shape index (κ3) is 3.99. The van der Waals surface area contributed by atoms with Gasteiger partial charge in [0.2, 0.25) is 5.76 Å². The molecule has 5 nitrogen and oxygen atoms in total. The van der Waals surface area contributed by atoms with Crippen LogP contribution in [0.4, 0.5) is 0 Å². The van der Waals surface area contributed by atoms with E-state index in [9.17, 15) is 4.79 Å². The fourth-order valence-corrected chi connectivity index (χ4v) is 3.70. The number of carbonyl (C=O) groups excluding carboxylic acids is 1. The minimum atomic E-state index is -0.204. The maximum absolute atomic E-state index is 12.6. The fourth-order valence-electron chi connectivity index (χ4n) is 3.70. The van der Waals surface area contributed by atoms with E-state index in [1.807, 2.05) is 37.3 Å². The monoisotopic (exact) mass is 375 g/mol. The summed E-state index contributed by atoms with van der Waals surface area (Å²) in [7, 11) is 0. The molecular weight excluding hydrogens is 350 g/mol. The maximum Gasteiger partial charge on any atom is 0.290 e. The second kappa shape index (κ2) is 7.98. The molecular formula is C23H25N3O2. The molecule has 1 saturated heterocycles. The summed E-state index contributed by atoms with van der Waals surface area (Å²) in [5.74, 6) is 0.0511. The first kappa shape index (κ1) is 18.4. The molecule has 3 aromatic rings. The molecule has 2 aromatic carbocycles. The molecule has 4 rings (SSSR count). The molecule has 2 atom stereocenters. The van der Waals surface area contributed by atoms with E-state index in [1.165, 1.54) is 11.1 Å². The topological polar surface area (TPSA) is 58.4 Å². The van der Waals surface area contributed by atoms with Crippen LogP contribution >= 0.6 is 0 Å². The van der Waals surface area contributed by atoms with Crippen molar-refractivity contribution in [2.24, 2.45) is 0 Å². The van der Waals surface area contributed by atoms with Crippen LogP contribution in [-0.4, -0.2) is 35.1 Å². The Hall–Kier alpha value is -2.92. The van der Waals surface area contributed by atoms with Crippen molar-refractivity contribution in [3.8, 4) is 11.3 Å². The summed E-state index contributed by atoms with van der Waals surface area (Å²) >= 11 is 0. The highest BCUT2D eigenvalue weighted by molar-refractivity contribution is 5.92. The molecule has 0 bridgehead atoms. The van der Waals surface area contributed by atoms with Crippen molar-refractivity contribution in [3.05, 3.63) is 77.6 Å². The van der Waals surface area contributed by atoms with E-state index >= 15 is 0 Å². The van der Waals surface area contributed by atoms with Gasteiger partial charge >= 0.3 is 0 Å². The minimum Gasteiger partial charge on any atom is -0.350 e. The van der Waals surface area contributed by atoms with Crippen LogP contribution in [0.1, 0.15) is 41.1 Å². The summed E-state index contributed by atoms with van der Waals surface area (Å²) in [4.78, 5) is 15.0. The summed E-state index contributed by atoms with van der Waals surface area (Å²) in [5, 5.41) is 7.14. The predicted octanol–water partition coefficient (Wildman–Crippen LogP) is 4.22. The summed E-state index contributed by atoms with van der Waals surface area (Å²) in [6, 6.07) is 20.6. The van der Waals surface area contributed by atoms with Gasteiger partial charge in [0.1, 0.15) is 5.69 Å². The number of hydrogen-bond donors (Lipinski definition) is 1. The highest BCUT2D eigenvalue weighted by Crippen LogP contribution is 2.25. The summed E-state index contributed by atoms with van der Waals surface area (Å²) in [6.45, 7) is 6.05. The van der Waals surface area contributed by atoms with Gasteiger partial charge in [-0.25, -0.2) is 0 Å². The standard InChI is InChI=1S/C23H25N3O2/c1-16-8-10-19(11-9-16)21-14-22(28-25-21)23(27)24-20-12-13-26(15-20)17(2)18-6-4-3-5-7-18/h3-11,14,17,20H,12-13,15H2,1-2H3,(H,24,27). The van der Waals surface area contributed by atoms with E-state index in [0.29, 0.717) is 11.7 Å². The van der Waals surface area contributed by atoms with Crippen LogP contribution < -0.4 is 5.32 Å². The van der Waals surface area contributed by atoms with E-state index in [1.54, 1.807) is 6.07 Å². The smallest absolute Gasteiger partial charge is 0.290 e. The molecule has 1 amide bonds. The van der Waals surface area contributed by atoms with Crippen LogP contribution in [0.25, 0.3) is 11.3 Å². The molecule has 1 aromatic heterocycles. The lowest BCUT2D eigenvalue weighted by molar-refractivity contribution is 0.0899. The fraction of sp³-hybridized carbons (Fsp3) is 0.304. The van der Waals surface area contributed by atoms with E-state index in [4.69, 9.17) is 4.52 Å². The first-order valence-electron chi connectivity index (χ1n) is 9.74. The van der Waals surface area contributed by atoms with Gasteiger partial charge in [-0.15, -0.1) is 0 Å². The lowest BCUT2D eigenvalue weighted by Crippen LogP contribution is -2.37. The Bertz CT molecular complexity index is 934. The number of benzene rings is 2. The van der Waals surface area contributed by atoms with Crippen LogP contribution in [0.3, 0.4) is 0 Å². The van der Waals surface area contributed by atoms with Crippen molar-refractivity contribution in [2.45, 2.75) is 32.4 Å². The number of rotatable bonds is 5. The SMILES string of the molecule is Cc1ccc(-c2cc(C(=O)NC3CCN(C(C)c4ccccc4)C3)on2)cc1. The minimum absolute atomic E-state index is 0.117. The number of carbonyl (C=O) groups is 1. The first-order chi connectivity index (χ1) is 13.6. The van der Waals surface area contributed by atoms with Gasteiger partial charge in [0.05, 0.1) is 0 Å². The Morgan fingerprint density at radius 1 is 1.18 bits per heavy atom. The van der Waals surface area contributed by atoms with Crippen molar-refractivity contribution in [1.82, 2.24) is 15.4 Å². The molecule has 0 spiro atoms. The van der Waals surface area contributed by atoms with Gasteiger partial charge < -0.3 is 9.84 Å². The second-order valence-corrected chi connectivity index (χ2v) is 7.48. The molecule has 5 heteroatoms. The molecule has 1 N–H and O–H groups in total. The Morgan fingerprint density at radius 2 is 1.93 bits per heavy atom. The van der Waals surface area contributed by atoms with Gasteiger partial charge in [0.25, 0.3) is 5.91 Å². The largest absolute Gasteiger partial charge is 0.350 e. The number of nitrogens with one attached hydrogen (secondary N) is 1. The average Bonchev–Trinajstić information content (AvgIpc) is 3.39. The number of amides is 1. The number of aromatic nitrogens is 1. The van der Waals surface area contributed by atoms with Crippen molar-refractivity contribution < 1.29 is 9.32 Å². The molecule has 0 saturated carbocycles. The van der Waals surface area contributed by atoms with Crippen LogP contribution in [-0.2, 0) is 0 Å². The first-order valence-corrected chi connectivity index (χ1v) is 9.74. The highest BCUT2D eigenvalue weighted by Gasteiger charge is 2.28. The molecule has 2 unspecified atom stereocenters. The van der Waals surface area contributed by atoms with Crippen molar-refractivity contribution in [2.75, 3.05) is 13.1 Å². The Morgan fingerprint density at radius 3 is 2.68 bits per heavy atom. The van der Waals surface area contributed by atoms with Gasteiger partial charge in [0.15, 0.2) is 0 Å². The van der Waals surface area contributed by atoms with E-state index < -0.39 is 0 Å². The van der Waals surface area contributed by atoms with E-state index in [2.05, 4.69) is 46.6 Å². The Balaban J connectivity index is 1.36. The number of likely N-dealkylation sites (tertiary alicyclic amines) is 1. The number of aryl methyl sites for hydroxylation is 1. The molecule has 2 heterocycles. The van der Waals surface area contributed by atoms with Crippen molar-refractivity contribution in [3.63, 3.8) is 0 Å². The molecule has 1 aliphatic rings. The van der Waals surface area contributed by atoms with E-state index in [-0.39, 0.29) is 17.7 Å². The Labute approximate surface area is 165 Å². The van der Waals surface area contributed by atoms with Crippen LogP contribution in [0, 0.1) is 6.92 Å². The van der Waals surface area contributed by atoms with Crippen molar-refractivity contribution >= 4 is 5.91 Å². The second-order valence-electron chi connectivity index (χ2n) is 7.48. The van der Waals surface area contributed by atoms with Gasteiger partial charge in [-0.3, -0.25) is 9.69 Å². The molecule has 28 heavy (non-hydrogen) atoms. The maximum atomic E-state index is 12.6. The van der Waals surface area contributed by atoms with Crippen LogP contribution in [0.5, 0.6) is 0 Å². The zero-order valence-electron chi connectivity index (χ0n) is 16.3. The van der Waals surface area contributed by atoms with Gasteiger partial charge in [-0.2, -0.15) is 0 Å². The van der Waals surface area contributed by atoms with E-state index in [0.717, 1.165) is 25.1 Å².